The number of H-pyrrole nitrogens is 1. The van der Waals surface area contributed by atoms with E-state index in [1.54, 1.807) is 0 Å². The van der Waals surface area contributed by atoms with Gasteiger partial charge in [-0.3, -0.25) is 0 Å². The van der Waals surface area contributed by atoms with Crippen molar-refractivity contribution in [1.82, 2.24) is 14.8 Å². The summed E-state index contributed by atoms with van der Waals surface area (Å²) in [6, 6.07) is 12.5. The molecule has 1 aliphatic carbocycles. The van der Waals surface area contributed by atoms with Crippen molar-refractivity contribution in [1.29, 1.82) is 0 Å². The van der Waals surface area contributed by atoms with Crippen LogP contribution >= 0.6 is 0 Å². The van der Waals surface area contributed by atoms with Crippen molar-refractivity contribution in [3.8, 4) is 11.3 Å². The average molecular weight is 315 g/mol. The summed E-state index contributed by atoms with van der Waals surface area (Å²) in [5.74, 6) is 0. The number of nitrogens with one attached hydrogen (secondary N) is 1. The van der Waals surface area contributed by atoms with Gasteiger partial charge in [-0.1, -0.05) is 56.0 Å². The number of allylic oxidation sites excluding steroid dienone is 5. The third-order valence-corrected chi connectivity index (χ3v) is 4.54. The summed E-state index contributed by atoms with van der Waals surface area (Å²) >= 11 is 0. The third-order valence-electron chi connectivity index (χ3n) is 4.54. The van der Waals surface area contributed by atoms with Gasteiger partial charge in [0.2, 0.25) is 0 Å². The fraction of sp³-hybridized carbons (Fsp3) is 0.190. The largest absolute Gasteiger partial charge is 0.339 e. The molecule has 0 aliphatic heterocycles. The predicted molar refractivity (Wildman–Crippen MR) is 101 cm³/mol. The van der Waals surface area contributed by atoms with E-state index >= 15 is 0 Å². The van der Waals surface area contributed by atoms with Crippen molar-refractivity contribution in [2.24, 2.45) is 0 Å². The van der Waals surface area contributed by atoms with Crippen LogP contribution in [0.1, 0.15) is 31.9 Å². The minimum absolute atomic E-state index is 0.930. The highest BCUT2D eigenvalue weighted by Crippen LogP contribution is 2.33. The molecule has 3 aromatic rings. The van der Waals surface area contributed by atoms with Crippen LogP contribution in [-0.4, -0.2) is 14.8 Å². The lowest BCUT2D eigenvalue weighted by molar-refractivity contribution is 0.905. The zero-order valence-electron chi connectivity index (χ0n) is 13.9. The molecule has 0 spiro atoms. The van der Waals surface area contributed by atoms with E-state index in [9.17, 15) is 0 Å². The fourth-order valence-electron chi connectivity index (χ4n) is 3.13. The maximum Gasteiger partial charge on any atom is 0.142 e. The van der Waals surface area contributed by atoms with E-state index in [-0.39, 0.29) is 0 Å². The standard InChI is InChI=1S/C21H21N3/c1-3-15(2)19-14-18-20(16-10-6-4-7-11-16)23-24(21(18)22-19)17-12-8-5-9-13-17/h4,6-8,10-14,22H,2-3,5,9H2,1H3. The number of rotatable bonds is 4. The van der Waals surface area contributed by atoms with E-state index in [0.29, 0.717) is 0 Å². The predicted octanol–water partition coefficient (Wildman–Crippen LogP) is 5.65. The number of aromatic nitrogens is 3. The summed E-state index contributed by atoms with van der Waals surface area (Å²) < 4.78 is 2.03. The molecule has 1 aromatic carbocycles. The Morgan fingerprint density at radius 3 is 2.79 bits per heavy atom. The Balaban J connectivity index is 1.95. The summed E-state index contributed by atoms with van der Waals surface area (Å²) in [6.45, 7) is 6.30. The van der Waals surface area contributed by atoms with Crippen molar-refractivity contribution in [3.05, 3.63) is 66.9 Å². The first-order valence-corrected chi connectivity index (χ1v) is 8.50. The SMILES string of the molecule is C=C(CC)c1cc2c(-c3ccccc3)nn(C3=CCCC=C3)c2[nH]1. The van der Waals surface area contributed by atoms with Gasteiger partial charge in [-0.2, -0.15) is 5.10 Å². The number of aromatic amines is 1. The molecule has 24 heavy (non-hydrogen) atoms. The molecule has 4 rings (SSSR count). The maximum atomic E-state index is 4.91. The molecule has 120 valence electrons. The van der Waals surface area contributed by atoms with Gasteiger partial charge in [-0.05, 0) is 37.0 Å². The van der Waals surface area contributed by atoms with Gasteiger partial charge in [0.1, 0.15) is 11.3 Å². The Kier molecular flexibility index (Phi) is 3.69. The number of benzene rings is 1. The summed E-state index contributed by atoms with van der Waals surface area (Å²) in [5, 5.41) is 6.05. The Labute approximate surface area is 142 Å². The van der Waals surface area contributed by atoms with Crippen molar-refractivity contribution >= 4 is 22.3 Å². The van der Waals surface area contributed by atoms with Crippen LogP contribution in [0.2, 0.25) is 0 Å². The van der Waals surface area contributed by atoms with Gasteiger partial charge in [-0.15, -0.1) is 0 Å². The Bertz CT molecular complexity index is 952. The van der Waals surface area contributed by atoms with Gasteiger partial charge in [0, 0.05) is 16.6 Å². The van der Waals surface area contributed by atoms with Crippen LogP contribution < -0.4 is 0 Å². The van der Waals surface area contributed by atoms with Crippen LogP contribution in [0, 0.1) is 0 Å². The first kappa shape index (κ1) is 14.8. The second-order valence-corrected chi connectivity index (χ2v) is 6.14. The van der Waals surface area contributed by atoms with Gasteiger partial charge in [0.25, 0.3) is 0 Å². The van der Waals surface area contributed by atoms with Crippen LogP contribution in [0.15, 0.2) is 61.2 Å². The van der Waals surface area contributed by atoms with Crippen molar-refractivity contribution < 1.29 is 0 Å². The molecule has 3 heteroatoms. The Morgan fingerprint density at radius 2 is 2.08 bits per heavy atom. The van der Waals surface area contributed by atoms with Crippen LogP contribution in [0.25, 0.3) is 33.6 Å². The Morgan fingerprint density at radius 1 is 1.25 bits per heavy atom. The molecule has 0 radical (unpaired) electrons. The van der Waals surface area contributed by atoms with Crippen molar-refractivity contribution in [2.45, 2.75) is 26.2 Å². The zero-order valence-corrected chi connectivity index (χ0v) is 13.9. The lowest BCUT2D eigenvalue weighted by Crippen LogP contribution is -2.00. The molecule has 2 aromatic heterocycles. The molecule has 0 atom stereocenters. The minimum Gasteiger partial charge on any atom is -0.339 e. The van der Waals surface area contributed by atoms with Gasteiger partial charge in [0.15, 0.2) is 0 Å². The molecule has 0 unspecified atom stereocenters. The number of hydrogen-bond acceptors (Lipinski definition) is 1. The van der Waals surface area contributed by atoms with E-state index in [2.05, 4.69) is 67.0 Å². The zero-order chi connectivity index (χ0) is 16.5. The van der Waals surface area contributed by atoms with E-state index in [0.717, 1.165) is 58.5 Å². The highest BCUT2D eigenvalue weighted by molar-refractivity contribution is 5.96. The minimum atomic E-state index is 0.930. The van der Waals surface area contributed by atoms with E-state index < -0.39 is 0 Å². The quantitative estimate of drug-likeness (QED) is 0.663. The lowest BCUT2D eigenvalue weighted by atomic mass is 10.1. The molecule has 1 aliphatic rings. The maximum absolute atomic E-state index is 4.91. The topological polar surface area (TPSA) is 33.6 Å². The summed E-state index contributed by atoms with van der Waals surface area (Å²) in [7, 11) is 0. The van der Waals surface area contributed by atoms with E-state index in [4.69, 9.17) is 5.10 Å². The lowest BCUT2D eigenvalue weighted by Gasteiger charge is -2.08. The molecule has 0 saturated heterocycles. The summed E-state index contributed by atoms with van der Waals surface area (Å²) in [6.07, 6.45) is 9.70. The van der Waals surface area contributed by atoms with Gasteiger partial charge >= 0.3 is 0 Å². The second kappa shape index (κ2) is 6.00. The fourth-order valence-corrected chi connectivity index (χ4v) is 3.13. The molecule has 3 nitrogen and oxygen atoms in total. The highest BCUT2D eigenvalue weighted by atomic mass is 15.3. The number of nitrogens with zero attached hydrogens (tertiary/aromatic N) is 2. The summed E-state index contributed by atoms with van der Waals surface area (Å²) in [5.41, 5.74) is 6.52. The van der Waals surface area contributed by atoms with Gasteiger partial charge in [-0.25, -0.2) is 4.68 Å². The van der Waals surface area contributed by atoms with Gasteiger partial charge in [0.05, 0.1) is 5.70 Å². The smallest absolute Gasteiger partial charge is 0.142 e. The molecule has 2 heterocycles. The molecule has 0 amide bonds. The molecule has 0 saturated carbocycles. The molecule has 0 bridgehead atoms. The monoisotopic (exact) mass is 315 g/mol. The molecular formula is C21H21N3. The van der Waals surface area contributed by atoms with Crippen molar-refractivity contribution in [3.63, 3.8) is 0 Å². The average Bonchev–Trinajstić information content (AvgIpc) is 3.22. The van der Waals surface area contributed by atoms with Crippen LogP contribution in [-0.2, 0) is 0 Å². The van der Waals surface area contributed by atoms with Crippen molar-refractivity contribution in [2.75, 3.05) is 0 Å². The van der Waals surface area contributed by atoms with Crippen LogP contribution in [0.3, 0.4) is 0 Å². The molecule has 1 N–H and O–H groups in total. The second-order valence-electron chi connectivity index (χ2n) is 6.14. The normalized spacial score (nSPS) is 14.1. The van der Waals surface area contributed by atoms with Gasteiger partial charge < -0.3 is 4.98 Å². The first-order chi connectivity index (χ1) is 11.8. The summed E-state index contributed by atoms with van der Waals surface area (Å²) in [4.78, 5) is 3.53. The Hall–Kier alpha value is -2.81. The van der Waals surface area contributed by atoms with E-state index in [1.165, 1.54) is 0 Å². The third kappa shape index (κ3) is 2.42. The van der Waals surface area contributed by atoms with Crippen LogP contribution in [0.5, 0.6) is 0 Å². The number of fused-ring (bicyclic) bond motifs is 1. The molecule has 0 fully saturated rings. The highest BCUT2D eigenvalue weighted by Gasteiger charge is 2.17. The number of hydrogen-bond donors (Lipinski definition) is 1. The van der Waals surface area contributed by atoms with Crippen LogP contribution in [0.4, 0.5) is 0 Å². The van der Waals surface area contributed by atoms with E-state index in [1.807, 2.05) is 10.7 Å². The molecular weight excluding hydrogens is 294 g/mol. The first-order valence-electron chi connectivity index (χ1n) is 8.50.